The molecule has 1 aromatic heterocycles. The summed E-state index contributed by atoms with van der Waals surface area (Å²) >= 11 is 0. The predicted octanol–water partition coefficient (Wildman–Crippen LogP) is 2.21. The average Bonchev–Trinajstić information content (AvgIpc) is 2.67. The minimum atomic E-state index is -0.339. The summed E-state index contributed by atoms with van der Waals surface area (Å²) in [5.41, 5.74) is 1.95. The van der Waals surface area contributed by atoms with Gasteiger partial charge in [-0.05, 0) is 29.8 Å². The lowest BCUT2D eigenvalue weighted by Crippen LogP contribution is -2.39. The number of rotatable bonds is 7. The minimum Gasteiger partial charge on any atom is -0.484 e. The SMILES string of the molecule is COCCOc1ccc2c(n1)CCN(C(=O)COc1ccc(F)cc1)C2. The zero-order valence-electron chi connectivity index (χ0n) is 14.6. The Kier molecular flexibility index (Phi) is 6.01. The van der Waals surface area contributed by atoms with Crippen LogP contribution >= 0.6 is 0 Å². The number of halogens is 1. The molecule has 7 heteroatoms. The molecular formula is C19H21FN2O4. The van der Waals surface area contributed by atoms with E-state index in [0.717, 1.165) is 11.3 Å². The summed E-state index contributed by atoms with van der Waals surface area (Å²) < 4.78 is 28.8. The first-order valence-electron chi connectivity index (χ1n) is 8.42. The number of nitrogens with zero attached hydrogens (tertiary/aromatic N) is 2. The summed E-state index contributed by atoms with van der Waals surface area (Å²) in [6.07, 6.45) is 0.666. The lowest BCUT2D eigenvalue weighted by atomic mass is 10.1. The van der Waals surface area contributed by atoms with Gasteiger partial charge in [0, 0.05) is 32.7 Å². The Morgan fingerprint density at radius 3 is 2.73 bits per heavy atom. The van der Waals surface area contributed by atoms with Crippen molar-refractivity contribution in [3.05, 3.63) is 53.5 Å². The Morgan fingerprint density at radius 1 is 1.15 bits per heavy atom. The molecule has 0 N–H and O–H groups in total. The fourth-order valence-corrected chi connectivity index (χ4v) is 2.69. The van der Waals surface area contributed by atoms with E-state index in [1.54, 1.807) is 18.1 Å². The van der Waals surface area contributed by atoms with Crippen LogP contribution in [0.2, 0.25) is 0 Å². The Bertz CT molecular complexity index is 752. The highest BCUT2D eigenvalue weighted by molar-refractivity contribution is 5.78. The zero-order chi connectivity index (χ0) is 18.4. The number of aromatic nitrogens is 1. The monoisotopic (exact) mass is 360 g/mol. The second kappa shape index (κ2) is 8.62. The van der Waals surface area contributed by atoms with Crippen LogP contribution in [0.1, 0.15) is 11.3 Å². The second-order valence-corrected chi connectivity index (χ2v) is 5.90. The lowest BCUT2D eigenvalue weighted by molar-refractivity contribution is -0.134. The first kappa shape index (κ1) is 18.1. The van der Waals surface area contributed by atoms with E-state index in [0.29, 0.717) is 44.4 Å². The Balaban J connectivity index is 1.54. The highest BCUT2D eigenvalue weighted by Gasteiger charge is 2.22. The van der Waals surface area contributed by atoms with E-state index < -0.39 is 0 Å². The van der Waals surface area contributed by atoms with Crippen LogP contribution in [0.5, 0.6) is 11.6 Å². The summed E-state index contributed by atoms with van der Waals surface area (Å²) in [4.78, 5) is 18.6. The van der Waals surface area contributed by atoms with Crippen molar-refractivity contribution in [1.29, 1.82) is 0 Å². The fourth-order valence-electron chi connectivity index (χ4n) is 2.69. The van der Waals surface area contributed by atoms with Crippen molar-refractivity contribution in [2.24, 2.45) is 0 Å². The van der Waals surface area contributed by atoms with Crippen LogP contribution in [-0.2, 0) is 22.5 Å². The number of pyridine rings is 1. The Hall–Kier alpha value is -2.67. The molecule has 0 radical (unpaired) electrons. The molecule has 0 atom stereocenters. The number of carbonyl (C=O) groups excluding carboxylic acids is 1. The van der Waals surface area contributed by atoms with Crippen molar-refractivity contribution < 1.29 is 23.4 Å². The van der Waals surface area contributed by atoms with Crippen molar-refractivity contribution in [3.63, 3.8) is 0 Å². The van der Waals surface area contributed by atoms with Gasteiger partial charge in [0.15, 0.2) is 6.61 Å². The van der Waals surface area contributed by atoms with E-state index in [-0.39, 0.29) is 18.3 Å². The maximum Gasteiger partial charge on any atom is 0.260 e. The fraction of sp³-hybridized carbons (Fsp3) is 0.368. The van der Waals surface area contributed by atoms with Gasteiger partial charge in [-0.25, -0.2) is 9.37 Å². The van der Waals surface area contributed by atoms with E-state index in [1.807, 2.05) is 6.07 Å². The molecule has 6 nitrogen and oxygen atoms in total. The van der Waals surface area contributed by atoms with Crippen molar-refractivity contribution in [1.82, 2.24) is 9.88 Å². The number of methoxy groups -OCH3 is 1. The van der Waals surface area contributed by atoms with Gasteiger partial charge in [0.2, 0.25) is 5.88 Å². The third kappa shape index (κ3) is 4.70. The quantitative estimate of drug-likeness (QED) is 0.709. The van der Waals surface area contributed by atoms with Crippen LogP contribution in [0.4, 0.5) is 4.39 Å². The molecule has 1 aromatic carbocycles. The molecule has 2 heterocycles. The first-order chi connectivity index (χ1) is 12.7. The van der Waals surface area contributed by atoms with Crippen molar-refractivity contribution in [2.75, 3.05) is 33.5 Å². The van der Waals surface area contributed by atoms with Gasteiger partial charge in [-0.1, -0.05) is 6.07 Å². The van der Waals surface area contributed by atoms with Crippen molar-refractivity contribution >= 4 is 5.91 Å². The van der Waals surface area contributed by atoms with Crippen LogP contribution in [0.25, 0.3) is 0 Å². The summed E-state index contributed by atoms with van der Waals surface area (Å²) in [7, 11) is 1.62. The van der Waals surface area contributed by atoms with Gasteiger partial charge < -0.3 is 19.1 Å². The number of hydrogen-bond acceptors (Lipinski definition) is 5. The van der Waals surface area contributed by atoms with Crippen LogP contribution < -0.4 is 9.47 Å². The normalized spacial score (nSPS) is 13.2. The van der Waals surface area contributed by atoms with Crippen molar-refractivity contribution in [2.45, 2.75) is 13.0 Å². The summed E-state index contributed by atoms with van der Waals surface area (Å²) in [6.45, 7) is 1.95. The molecule has 0 fully saturated rings. The molecule has 1 aliphatic heterocycles. The number of benzene rings is 1. The van der Waals surface area contributed by atoms with Crippen LogP contribution in [0.3, 0.4) is 0 Å². The van der Waals surface area contributed by atoms with Gasteiger partial charge in [-0.2, -0.15) is 0 Å². The summed E-state index contributed by atoms with van der Waals surface area (Å²) in [5, 5.41) is 0. The number of fused-ring (bicyclic) bond motifs is 1. The molecule has 0 saturated heterocycles. The van der Waals surface area contributed by atoms with Gasteiger partial charge in [0.05, 0.1) is 12.3 Å². The number of carbonyl (C=O) groups is 1. The molecular weight excluding hydrogens is 339 g/mol. The topological polar surface area (TPSA) is 60.9 Å². The second-order valence-electron chi connectivity index (χ2n) is 5.90. The molecule has 2 aromatic rings. The maximum atomic E-state index is 12.9. The van der Waals surface area contributed by atoms with Crippen LogP contribution in [0, 0.1) is 5.82 Å². The highest BCUT2D eigenvalue weighted by Crippen LogP contribution is 2.21. The zero-order valence-corrected chi connectivity index (χ0v) is 14.6. The molecule has 1 aliphatic rings. The van der Waals surface area contributed by atoms with E-state index in [9.17, 15) is 9.18 Å². The highest BCUT2D eigenvalue weighted by atomic mass is 19.1. The van der Waals surface area contributed by atoms with Crippen molar-refractivity contribution in [3.8, 4) is 11.6 Å². The van der Waals surface area contributed by atoms with Gasteiger partial charge in [0.1, 0.15) is 18.2 Å². The third-order valence-electron chi connectivity index (χ3n) is 4.09. The number of hydrogen-bond donors (Lipinski definition) is 0. The van der Waals surface area contributed by atoms with Gasteiger partial charge in [0.25, 0.3) is 5.91 Å². The van der Waals surface area contributed by atoms with Gasteiger partial charge in [-0.3, -0.25) is 4.79 Å². The van der Waals surface area contributed by atoms with E-state index in [4.69, 9.17) is 14.2 Å². The van der Waals surface area contributed by atoms with Crippen LogP contribution in [0.15, 0.2) is 36.4 Å². The molecule has 26 heavy (non-hydrogen) atoms. The van der Waals surface area contributed by atoms with E-state index in [1.165, 1.54) is 24.3 Å². The summed E-state index contributed by atoms with van der Waals surface area (Å²) in [5.74, 6) is 0.590. The number of ether oxygens (including phenoxy) is 3. The molecule has 138 valence electrons. The molecule has 0 saturated carbocycles. The smallest absolute Gasteiger partial charge is 0.260 e. The van der Waals surface area contributed by atoms with Gasteiger partial charge >= 0.3 is 0 Å². The summed E-state index contributed by atoms with van der Waals surface area (Å²) in [6, 6.07) is 9.35. The minimum absolute atomic E-state index is 0.0768. The Morgan fingerprint density at radius 2 is 1.96 bits per heavy atom. The average molecular weight is 360 g/mol. The molecule has 0 unspecified atom stereocenters. The van der Waals surface area contributed by atoms with Crippen LogP contribution in [-0.4, -0.2) is 49.3 Å². The molecule has 0 spiro atoms. The lowest BCUT2D eigenvalue weighted by Gasteiger charge is -2.28. The molecule has 1 amide bonds. The molecule has 3 rings (SSSR count). The standard InChI is InChI=1S/C19H21FN2O4/c1-24-10-11-25-18-7-2-14-12-22(9-8-17(14)21-18)19(23)13-26-16-5-3-15(20)4-6-16/h2-7H,8-13H2,1H3. The number of amides is 1. The largest absolute Gasteiger partial charge is 0.484 e. The third-order valence-corrected chi connectivity index (χ3v) is 4.09. The molecule has 0 aliphatic carbocycles. The Labute approximate surface area is 151 Å². The first-order valence-corrected chi connectivity index (χ1v) is 8.42. The van der Waals surface area contributed by atoms with E-state index >= 15 is 0 Å². The van der Waals surface area contributed by atoms with E-state index in [2.05, 4.69) is 4.98 Å². The molecule has 0 bridgehead atoms. The van der Waals surface area contributed by atoms with Gasteiger partial charge in [-0.15, -0.1) is 0 Å². The predicted molar refractivity (Wildman–Crippen MR) is 92.6 cm³/mol. The maximum absolute atomic E-state index is 12.9.